The summed E-state index contributed by atoms with van der Waals surface area (Å²) in [4.78, 5) is 12.3. The number of hydrogen-bond donors (Lipinski definition) is 1. The van der Waals surface area contributed by atoms with Crippen LogP contribution in [0.3, 0.4) is 0 Å². The van der Waals surface area contributed by atoms with E-state index in [1.807, 2.05) is 61.5 Å². The number of carbonyl (C=O) groups excluding carboxylic acids is 1. The number of carbonyl (C=O) groups is 1. The van der Waals surface area contributed by atoms with Crippen molar-refractivity contribution in [2.75, 3.05) is 0 Å². The van der Waals surface area contributed by atoms with Crippen molar-refractivity contribution >= 4 is 17.6 Å². The normalized spacial score (nSPS) is 13.4. The van der Waals surface area contributed by atoms with Gasteiger partial charge in [0.2, 0.25) is 0 Å². The molecular formula is C18H20ClNO2. The molecule has 22 heavy (non-hydrogen) atoms. The second-order valence-corrected chi connectivity index (χ2v) is 5.83. The van der Waals surface area contributed by atoms with E-state index in [1.165, 1.54) is 0 Å². The summed E-state index contributed by atoms with van der Waals surface area (Å²) in [7, 11) is 0. The Morgan fingerprint density at radius 2 is 1.73 bits per heavy atom. The van der Waals surface area contributed by atoms with Crippen molar-refractivity contribution in [3.63, 3.8) is 0 Å². The largest absolute Gasteiger partial charge is 0.461 e. The van der Waals surface area contributed by atoms with Gasteiger partial charge >= 0.3 is 5.97 Å². The molecule has 0 saturated carbocycles. The fraction of sp³-hybridized carbons (Fsp3) is 0.278. The molecule has 0 heterocycles. The molecule has 0 fully saturated rings. The highest BCUT2D eigenvalue weighted by atomic mass is 35.5. The quantitative estimate of drug-likeness (QED) is 0.828. The number of esters is 1. The van der Waals surface area contributed by atoms with Crippen LogP contribution >= 0.6 is 11.6 Å². The lowest BCUT2D eigenvalue weighted by Gasteiger charge is -2.19. The predicted molar refractivity (Wildman–Crippen MR) is 88.5 cm³/mol. The molecule has 2 aromatic rings. The summed E-state index contributed by atoms with van der Waals surface area (Å²) in [6.45, 7) is 2.09. The standard InChI is InChI=1S/C18H20ClNO2/c1-13(20)17(11-14-7-9-16(19)10-8-14)18(21)22-12-15-5-3-2-4-6-15/h2-10,13,17H,11-12,20H2,1H3. The SMILES string of the molecule is CC(N)C(Cc1ccc(Cl)cc1)C(=O)OCc1ccccc1. The van der Waals surface area contributed by atoms with E-state index >= 15 is 0 Å². The first-order valence-corrected chi connectivity index (χ1v) is 7.64. The summed E-state index contributed by atoms with van der Waals surface area (Å²) in [6, 6.07) is 16.8. The molecule has 116 valence electrons. The van der Waals surface area contributed by atoms with E-state index in [0.717, 1.165) is 11.1 Å². The van der Waals surface area contributed by atoms with E-state index in [0.29, 0.717) is 11.4 Å². The highest BCUT2D eigenvalue weighted by molar-refractivity contribution is 6.30. The van der Waals surface area contributed by atoms with Crippen LogP contribution in [0.5, 0.6) is 0 Å². The van der Waals surface area contributed by atoms with Gasteiger partial charge in [0.05, 0.1) is 5.92 Å². The minimum absolute atomic E-state index is 0.267. The van der Waals surface area contributed by atoms with Crippen molar-refractivity contribution in [3.05, 3.63) is 70.7 Å². The molecule has 2 unspecified atom stereocenters. The van der Waals surface area contributed by atoms with Crippen molar-refractivity contribution in [1.29, 1.82) is 0 Å². The van der Waals surface area contributed by atoms with Crippen molar-refractivity contribution in [1.82, 2.24) is 0 Å². The highest BCUT2D eigenvalue weighted by Crippen LogP contribution is 2.17. The lowest BCUT2D eigenvalue weighted by Crippen LogP contribution is -2.35. The zero-order chi connectivity index (χ0) is 15.9. The molecule has 0 saturated heterocycles. The summed E-state index contributed by atoms with van der Waals surface area (Å²) < 4.78 is 5.40. The molecule has 0 spiro atoms. The molecule has 0 amide bonds. The van der Waals surface area contributed by atoms with Crippen molar-refractivity contribution < 1.29 is 9.53 Å². The van der Waals surface area contributed by atoms with Gasteiger partial charge in [-0.05, 0) is 36.6 Å². The van der Waals surface area contributed by atoms with Crippen LogP contribution in [0.2, 0.25) is 5.02 Å². The van der Waals surface area contributed by atoms with Gasteiger partial charge in [-0.25, -0.2) is 0 Å². The Morgan fingerprint density at radius 3 is 2.32 bits per heavy atom. The van der Waals surface area contributed by atoms with Crippen LogP contribution in [0, 0.1) is 5.92 Å². The maximum absolute atomic E-state index is 12.3. The summed E-state index contributed by atoms with van der Waals surface area (Å²) in [5.41, 5.74) is 7.94. The van der Waals surface area contributed by atoms with Gasteiger partial charge in [-0.15, -0.1) is 0 Å². The van der Waals surface area contributed by atoms with E-state index in [9.17, 15) is 4.79 Å². The third-order valence-electron chi connectivity index (χ3n) is 3.53. The number of halogens is 1. The molecule has 0 radical (unpaired) electrons. The fourth-order valence-corrected chi connectivity index (χ4v) is 2.32. The van der Waals surface area contributed by atoms with Gasteiger partial charge in [-0.2, -0.15) is 0 Å². The van der Waals surface area contributed by atoms with Crippen LogP contribution in [-0.2, 0) is 22.6 Å². The van der Waals surface area contributed by atoms with Crippen molar-refractivity contribution in [3.8, 4) is 0 Å². The molecular weight excluding hydrogens is 298 g/mol. The molecule has 0 aliphatic rings. The van der Waals surface area contributed by atoms with Crippen LogP contribution in [0.4, 0.5) is 0 Å². The zero-order valence-electron chi connectivity index (χ0n) is 12.5. The average molecular weight is 318 g/mol. The smallest absolute Gasteiger partial charge is 0.311 e. The monoisotopic (exact) mass is 317 g/mol. The molecule has 2 N–H and O–H groups in total. The van der Waals surface area contributed by atoms with Crippen LogP contribution in [0.25, 0.3) is 0 Å². The number of rotatable bonds is 6. The number of benzene rings is 2. The second-order valence-electron chi connectivity index (χ2n) is 5.39. The highest BCUT2D eigenvalue weighted by Gasteiger charge is 2.24. The number of nitrogens with two attached hydrogens (primary N) is 1. The van der Waals surface area contributed by atoms with E-state index < -0.39 is 0 Å². The summed E-state index contributed by atoms with van der Waals surface area (Å²) in [6.07, 6.45) is 0.544. The molecule has 0 aromatic heterocycles. The molecule has 2 aromatic carbocycles. The van der Waals surface area contributed by atoms with Gasteiger partial charge in [0, 0.05) is 11.1 Å². The van der Waals surface area contributed by atoms with Gasteiger partial charge in [-0.1, -0.05) is 54.1 Å². The Balaban J connectivity index is 1.97. The Bertz CT molecular complexity index is 596. The summed E-state index contributed by atoms with van der Waals surface area (Å²) in [5, 5.41) is 0.674. The van der Waals surface area contributed by atoms with E-state index in [-0.39, 0.29) is 24.5 Å². The van der Waals surface area contributed by atoms with Gasteiger partial charge in [0.25, 0.3) is 0 Å². The van der Waals surface area contributed by atoms with E-state index in [1.54, 1.807) is 0 Å². The Kier molecular flexibility index (Phi) is 5.99. The summed E-state index contributed by atoms with van der Waals surface area (Å²) in [5.74, 6) is -0.640. The lowest BCUT2D eigenvalue weighted by molar-refractivity contribution is -0.150. The Morgan fingerprint density at radius 1 is 1.09 bits per heavy atom. The Labute approximate surface area is 136 Å². The van der Waals surface area contributed by atoms with Gasteiger partial charge in [0.1, 0.15) is 6.61 Å². The first-order valence-electron chi connectivity index (χ1n) is 7.27. The number of hydrogen-bond acceptors (Lipinski definition) is 3. The lowest BCUT2D eigenvalue weighted by atomic mass is 9.93. The predicted octanol–water partition coefficient (Wildman–Crippen LogP) is 3.59. The van der Waals surface area contributed by atoms with Gasteiger partial charge < -0.3 is 10.5 Å². The molecule has 0 aliphatic heterocycles. The van der Waals surface area contributed by atoms with Crippen LogP contribution in [0.1, 0.15) is 18.1 Å². The van der Waals surface area contributed by atoms with Crippen LogP contribution in [-0.4, -0.2) is 12.0 Å². The molecule has 3 nitrogen and oxygen atoms in total. The van der Waals surface area contributed by atoms with Gasteiger partial charge in [-0.3, -0.25) is 4.79 Å². The van der Waals surface area contributed by atoms with E-state index in [4.69, 9.17) is 22.1 Å². The fourth-order valence-electron chi connectivity index (χ4n) is 2.19. The van der Waals surface area contributed by atoms with Gasteiger partial charge in [0.15, 0.2) is 0 Å². The van der Waals surface area contributed by atoms with Crippen LogP contribution < -0.4 is 5.73 Å². The molecule has 2 rings (SSSR count). The van der Waals surface area contributed by atoms with Crippen molar-refractivity contribution in [2.45, 2.75) is 26.0 Å². The minimum atomic E-state index is -0.370. The van der Waals surface area contributed by atoms with Crippen LogP contribution in [0.15, 0.2) is 54.6 Å². The number of ether oxygens (including phenoxy) is 1. The minimum Gasteiger partial charge on any atom is -0.461 e. The molecule has 0 aliphatic carbocycles. The summed E-state index contributed by atoms with van der Waals surface area (Å²) >= 11 is 5.87. The Hall–Kier alpha value is -1.84. The molecule has 4 heteroatoms. The average Bonchev–Trinajstić information content (AvgIpc) is 2.52. The molecule has 2 atom stereocenters. The van der Waals surface area contributed by atoms with Crippen molar-refractivity contribution in [2.24, 2.45) is 11.7 Å². The van der Waals surface area contributed by atoms with E-state index in [2.05, 4.69) is 0 Å². The maximum Gasteiger partial charge on any atom is 0.311 e. The first kappa shape index (κ1) is 16.5. The third-order valence-corrected chi connectivity index (χ3v) is 3.78. The topological polar surface area (TPSA) is 52.3 Å². The first-order chi connectivity index (χ1) is 10.6. The zero-order valence-corrected chi connectivity index (χ0v) is 13.3. The third kappa shape index (κ3) is 4.86. The maximum atomic E-state index is 12.3. The molecule has 0 bridgehead atoms. The second kappa shape index (κ2) is 7.97.